The molecule has 3 nitrogen and oxygen atoms in total. The third-order valence-electron chi connectivity index (χ3n) is 2.04. The van der Waals surface area contributed by atoms with Crippen molar-refractivity contribution >= 4 is 34.2 Å². The summed E-state index contributed by atoms with van der Waals surface area (Å²) >= 11 is 6.76. The van der Waals surface area contributed by atoms with Crippen molar-refractivity contribution in [3.8, 4) is 6.07 Å². The minimum atomic E-state index is 0.498. The minimum Gasteiger partial charge on any atom is -0.267 e. The summed E-state index contributed by atoms with van der Waals surface area (Å²) in [6.45, 7) is 0. The van der Waals surface area contributed by atoms with Crippen molar-refractivity contribution in [3.63, 3.8) is 0 Å². The van der Waals surface area contributed by atoms with E-state index in [0.29, 0.717) is 23.4 Å². The summed E-state index contributed by atoms with van der Waals surface area (Å²) in [5, 5.41) is 8.93. The maximum Gasteiger partial charge on any atom is 0.403 e. The molecular weight excluding hydrogens is 206 g/mol. The molecule has 2 unspecified atom stereocenters. The molecule has 0 bridgehead atoms. The number of rotatable bonds is 3. The highest BCUT2D eigenvalue weighted by Crippen LogP contribution is 2.42. The third-order valence-corrected chi connectivity index (χ3v) is 3.14. The predicted octanol–water partition coefficient (Wildman–Crippen LogP) is 0.918. The van der Waals surface area contributed by atoms with E-state index in [1.165, 1.54) is 17.4 Å². The van der Waals surface area contributed by atoms with Gasteiger partial charge in [-0.05, 0) is 41.6 Å². The molecule has 1 rings (SSSR count). The van der Waals surface area contributed by atoms with Gasteiger partial charge in [0, 0.05) is 12.2 Å². The molecule has 0 saturated heterocycles. The van der Waals surface area contributed by atoms with Crippen molar-refractivity contribution < 1.29 is 0 Å². The fraction of sp³-hybridized carbons (Fsp3) is 0.625. The minimum absolute atomic E-state index is 0.498. The van der Waals surface area contributed by atoms with E-state index < -0.39 is 0 Å². The molecule has 0 amide bonds. The van der Waals surface area contributed by atoms with E-state index in [0.717, 1.165) is 12.2 Å². The quantitative estimate of drug-likeness (QED) is 0.434. The zero-order valence-electron chi connectivity index (χ0n) is 7.11. The van der Waals surface area contributed by atoms with Crippen LogP contribution in [0.3, 0.4) is 0 Å². The van der Waals surface area contributed by atoms with E-state index in [-0.39, 0.29) is 0 Å². The number of hydrogen-bond donors (Lipinski definition) is 1. The van der Waals surface area contributed by atoms with Crippen LogP contribution in [0.4, 0.5) is 0 Å². The van der Waals surface area contributed by atoms with Gasteiger partial charge >= 0.3 is 5.17 Å². The van der Waals surface area contributed by atoms with Gasteiger partial charge in [-0.25, -0.2) is 0 Å². The Balaban J connectivity index is 2.16. The van der Waals surface area contributed by atoms with Crippen molar-refractivity contribution in [1.29, 1.82) is 5.26 Å². The topological polar surface area (TPSA) is 63.9 Å². The molecule has 1 fully saturated rings. The zero-order valence-corrected chi connectivity index (χ0v) is 8.68. The van der Waals surface area contributed by atoms with Crippen LogP contribution in [0.1, 0.15) is 12.8 Å². The van der Waals surface area contributed by atoms with Crippen LogP contribution in [0.25, 0.3) is 0 Å². The Kier molecular flexibility index (Phi) is 4.17. The predicted molar refractivity (Wildman–Crippen MR) is 57.5 cm³/mol. The fourth-order valence-corrected chi connectivity index (χ4v) is 2.24. The number of thioether (sulfide) groups is 1. The SMILES string of the molecule is N#CCC1CC1CSC(N)=[N+]=CCl. The first-order valence-corrected chi connectivity index (χ1v) is 5.45. The second kappa shape index (κ2) is 5.18. The van der Waals surface area contributed by atoms with E-state index in [2.05, 4.69) is 10.7 Å². The Morgan fingerprint density at radius 2 is 2.54 bits per heavy atom. The maximum absolute atomic E-state index is 8.43. The van der Waals surface area contributed by atoms with Gasteiger partial charge in [-0.15, -0.1) is 0 Å². The van der Waals surface area contributed by atoms with E-state index >= 15 is 0 Å². The highest BCUT2D eigenvalue weighted by Gasteiger charge is 2.36. The Bertz CT molecular complexity index is 278. The monoisotopic (exact) mass is 216 g/mol. The molecule has 0 aromatic carbocycles. The molecule has 13 heavy (non-hydrogen) atoms. The van der Waals surface area contributed by atoms with Gasteiger partial charge in [0.25, 0.3) is 5.67 Å². The Labute approximate surface area is 86.7 Å². The number of nitriles is 1. The summed E-state index contributed by atoms with van der Waals surface area (Å²) in [6, 6.07) is 2.17. The van der Waals surface area contributed by atoms with Gasteiger partial charge in [-0.3, -0.25) is 5.73 Å². The highest BCUT2D eigenvalue weighted by atomic mass is 35.5. The normalized spacial score (nSPS) is 24.3. The van der Waals surface area contributed by atoms with Crippen molar-refractivity contribution in [2.45, 2.75) is 12.8 Å². The van der Waals surface area contributed by atoms with Gasteiger partial charge in [0.2, 0.25) is 0 Å². The molecule has 1 aliphatic carbocycles. The zero-order chi connectivity index (χ0) is 9.68. The van der Waals surface area contributed by atoms with Gasteiger partial charge in [-0.2, -0.15) is 9.93 Å². The summed E-state index contributed by atoms with van der Waals surface area (Å²) in [7, 11) is 0. The average Bonchev–Trinajstić information content (AvgIpc) is 2.82. The lowest BCUT2D eigenvalue weighted by molar-refractivity contribution is 0.781. The molecule has 0 heterocycles. The van der Waals surface area contributed by atoms with Gasteiger partial charge in [-0.1, -0.05) is 0 Å². The van der Waals surface area contributed by atoms with Crippen LogP contribution >= 0.6 is 23.4 Å². The summed E-state index contributed by atoms with van der Waals surface area (Å²) in [4.78, 5) is 0. The van der Waals surface area contributed by atoms with Crippen molar-refractivity contribution in [2.24, 2.45) is 17.6 Å². The van der Waals surface area contributed by atoms with Crippen molar-refractivity contribution in [3.05, 3.63) is 0 Å². The molecular formula is C8H11ClN3S+. The van der Waals surface area contributed by atoms with Crippen LogP contribution in [0.15, 0.2) is 0 Å². The second-order valence-corrected chi connectivity index (χ2v) is 4.23. The average molecular weight is 217 g/mol. The molecule has 0 radical (unpaired) electrons. The Morgan fingerprint density at radius 1 is 1.77 bits per heavy atom. The first kappa shape index (κ1) is 10.5. The summed E-state index contributed by atoms with van der Waals surface area (Å²) in [5.74, 6) is 2.19. The van der Waals surface area contributed by atoms with Crippen molar-refractivity contribution in [2.75, 3.05) is 5.75 Å². The van der Waals surface area contributed by atoms with Crippen LogP contribution < -0.4 is 10.4 Å². The number of hydrogen-bond acceptors (Lipinski definition) is 2. The van der Waals surface area contributed by atoms with Crippen LogP contribution in [0, 0.1) is 23.2 Å². The number of amidine groups is 1. The van der Waals surface area contributed by atoms with Gasteiger partial charge in [0.1, 0.15) is 0 Å². The molecule has 0 aromatic heterocycles. The Morgan fingerprint density at radius 3 is 3.15 bits per heavy atom. The molecule has 0 aromatic rings. The van der Waals surface area contributed by atoms with E-state index in [9.17, 15) is 0 Å². The third kappa shape index (κ3) is 3.73. The van der Waals surface area contributed by atoms with E-state index in [1.807, 2.05) is 0 Å². The smallest absolute Gasteiger partial charge is 0.267 e. The van der Waals surface area contributed by atoms with E-state index in [1.54, 1.807) is 0 Å². The first-order chi connectivity index (χ1) is 6.27. The molecule has 1 saturated carbocycles. The van der Waals surface area contributed by atoms with Crippen molar-refractivity contribution in [1.82, 2.24) is 4.67 Å². The molecule has 0 aliphatic heterocycles. The number of nitrogens with zero attached hydrogens (tertiary/aromatic N) is 2. The lowest BCUT2D eigenvalue weighted by Gasteiger charge is -1.90. The lowest BCUT2D eigenvalue weighted by Crippen LogP contribution is -2.11. The fourth-order valence-electron chi connectivity index (χ4n) is 1.16. The number of nitrogens with two attached hydrogens (primary N) is 1. The molecule has 2 N–H and O–H groups in total. The summed E-state index contributed by atoms with van der Waals surface area (Å²) < 4.78 is 3.73. The van der Waals surface area contributed by atoms with E-state index in [4.69, 9.17) is 22.6 Å². The lowest BCUT2D eigenvalue weighted by atomic mass is 10.3. The standard InChI is InChI=1S/C8H10ClN3S/c9-5-12-8(11)13-4-7-3-6(7)1-2-10/h5-7,11H,1,3-4H2/p+1. The molecule has 70 valence electrons. The van der Waals surface area contributed by atoms with Crippen LogP contribution in [0.5, 0.6) is 0 Å². The van der Waals surface area contributed by atoms with Gasteiger partial charge < -0.3 is 0 Å². The first-order valence-electron chi connectivity index (χ1n) is 4.02. The summed E-state index contributed by atoms with van der Waals surface area (Å²) in [6.07, 6.45) is 1.82. The largest absolute Gasteiger partial charge is 0.403 e. The maximum atomic E-state index is 8.43. The molecule has 5 heteroatoms. The van der Waals surface area contributed by atoms with Crippen LogP contribution in [0.2, 0.25) is 0 Å². The van der Waals surface area contributed by atoms with Crippen LogP contribution in [-0.2, 0) is 0 Å². The number of halogens is 1. The van der Waals surface area contributed by atoms with Crippen LogP contribution in [-0.4, -0.2) is 16.6 Å². The highest BCUT2D eigenvalue weighted by molar-refractivity contribution is 8.13. The molecule has 1 aliphatic rings. The van der Waals surface area contributed by atoms with Gasteiger partial charge in [0.15, 0.2) is 0 Å². The molecule has 2 atom stereocenters. The Hall–Kier alpha value is -0.620. The summed E-state index contributed by atoms with van der Waals surface area (Å²) in [5.41, 5.74) is 6.68. The van der Waals surface area contributed by atoms with Gasteiger partial charge in [0.05, 0.1) is 6.07 Å². The second-order valence-electron chi connectivity index (χ2n) is 2.99. The molecule has 0 spiro atoms.